The fourth-order valence-corrected chi connectivity index (χ4v) is 4.25. The number of esters is 1. The first-order chi connectivity index (χ1) is 16.0. The van der Waals surface area contributed by atoms with Crippen LogP contribution in [-0.2, 0) is 28.8 Å². The number of carbonyl (C=O) groups excluding carboxylic acids is 1. The molecule has 0 saturated carbocycles. The zero-order valence-electron chi connectivity index (χ0n) is 19.6. The van der Waals surface area contributed by atoms with E-state index in [-0.39, 0.29) is 0 Å². The zero-order chi connectivity index (χ0) is 24.9. The van der Waals surface area contributed by atoms with Crippen LogP contribution in [0.15, 0.2) is 46.9 Å². The first-order valence-electron chi connectivity index (χ1n) is 11.2. The van der Waals surface area contributed by atoms with Gasteiger partial charge in [0.2, 0.25) is 0 Å². The second kappa shape index (κ2) is 11.1. The Morgan fingerprint density at radius 3 is 2.09 bits per heavy atom. The average Bonchev–Trinajstić information content (AvgIpc) is 2.76. The third kappa shape index (κ3) is 7.20. The number of ether oxygens (including phenoxy) is 2. The maximum Gasteiger partial charge on any atom is 0.416 e. The summed E-state index contributed by atoms with van der Waals surface area (Å²) in [6, 6.07) is 11.1. The highest BCUT2D eigenvalue weighted by molar-refractivity contribution is 9.10. The van der Waals surface area contributed by atoms with Gasteiger partial charge in [-0.3, -0.25) is 9.80 Å². The van der Waals surface area contributed by atoms with Crippen LogP contribution in [0.3, 0.4) is 0 Å². The first kappa shape index (κ1) is 26.5. The minimum atomic E-state index is -4.31. The van der Waals surface area contributed by atoms with E-state index < -0.39 is 23.3 Å². The Kier molecular flexibility index (Phi) is 8.65. The van der Waals surface area contributed by atoms with E-state index in [2.05, 4.69) is 25.7 Å². The minimum absolute atomic E-state index is 0.297. The maximum atomic E-state index is 12.7. The van der Waals surface area contributed by atoms with E-state index in [1.54, 1.807) is 32.9 Å². The fraction of sp³-hybridized carbons (Fsp3) is 0.480. The number of alkyl halides is 3. The van der Waals surface area contributed by atoms with Crippen molar-refractivity contribution in [3.8, 4) is 5.75 Å². The van der Waals surface area contributed by atoms with Gasteiger partial charge in [-0.05, 0) is 56.2 Å². The van der Waals surface area contributed by atoms with E-state index in [0.29, 0.717) is 18.9 Å². The van der Waals surface area contributed by atoms with Crippen molar-refractivity contribution >= 4 is 21.9 Å². The molecule has 1 aliphatic heterocycles. The predicted molar refractivity (Wildman–Crippen MR) is 127 cm³/mol. The number of hydrogen-bond donors (Lipinski definition) is 0. The molecule has 0 spiro atoms. The zero-order valence-corrected chi connectivity index (χ0v) is 21.2. The van der Waals surface area contributed by atoms with E-state index in [4.69, 9.17) is 9.47 Å². The summed E-state index contributed by atoms with van der Waals surface area (Å²) >= 11 is 3.61. The van der Waals surface area contributed by atoms with Crippen LogP contribution in [0.5, 0.6) is 5.75 Å². The molecule has 2 aromatic carbocycles. The molecule has 1 fully saturated rings. The van der Waals surface area contributed by atoms with E-state index in [0.717, 1.165) is 60.5 Å². The van der Waals surface area contributed by atoms with Gasteiger partial charge in [0.05, 0.1) is 12.2 Å². The van der Waals surface area contributed by atoms with Crippen LogP contribution in [0, 0.1) is 0 Å². The monoisotopic (exact) mass is 542 g/mol. The topological polar surface area (TPSA) is 42.0 Å². The third-order valence-electron chi connectivity index (χ3n) is 5.71. The number of halogens is 4. The highest BCUT2D eigenvalue weighted by Gasteiger charge is 2.32. The lowest BCUT2D eigenvalue weighted by atomic mass is 10.1. The molecule has 9 heteroatoms. The van der Waals surface area contributed by atoms with Gasteiger partial charge in [0, 0.05) is 43.7 Å². The number of rotatable bonds is 8. The number of hydrogen-bond acceptors (Lipinski definition) is 5. The molecule has 0 atom stereocenters. The molecular formula is C25H30BrF3N2O3. The van der Waals surface area contributed by atoms with Crippen molar-refractivity contribution in [2.75, 3.05) is 32.8 Å². The number of benzene rings is 2. The Morgan fingerprint density at radius 2 is 1.56 bits per heavy atom. The molecule has 1 aliphatic rings. The molecule has 0 aromatic heterocycles. The van der Waals surface area contributed by atoms with Gasteiger partial charge in [-0.15, -0.1) is 0 Å². The number of nitrogens with zero attached hydrogens (tertiary/aromatic N) is 2. The Labute approximate surface area is 206 Å². The molecule has 0 radical (unpaired) electrons. The molecule has 0 bridgehead atoms. The lowest BCUT2D eigenvalue weighted by Gasteiger charge is -2.35. The Bertz CT molecular complexity index is 972. The molecule has 34 heavy (non-hydrogen) atoms. The smallest absolute Gasteiger partial charge is 0.416 e. The maximum absolute atomic E-state index is 12.7. The normalized spacial score (nSPS) is 15.9. The molecule has 2 aromatic rings. The predicted octanol–water partition coefficient (Wildman–Crippen LogP) is 5.51. The molecule has 186 valence electrons. The van der Waals surface area contributed by atoms with Gasteiger partial charge in [-0.25, -0.2) is 4.79 Å². The summed E-state index contributed by atoms with van der Waals surface area (Å²) < 4.78 is 50.0. The van der Waals surface area contributed by atoms with Crippen LogP contribution in [0.2, 0.25) is 0 Å². The molecular weight excluding hydrogens is 513 g/mol. The van der Waals surface area contributed by atoms with Gasteiger partial charge in [-0.2, -0.15) is 13.2 Å². The summed E-state index contributed by atoms with van der Waals surface area (Å²) in [6.45, 7) is 10.2. The molecule has 0 N–H and O–H groups in total. The standard InChI is InChI=1S/C25H30BrF3N2O3/c1-4-33-23(32)24(2,3)34-21-10-7-19(22(26)15-21)17-31-13-11-30(12-14-31)16-18-5-8-20(9-6-18)25(27,28)29/h5-10,15H,4,11-14,16-17H2,1-3H3. The van der Waals surface area contributed by atoms with Crippen LogP contribution in [0.25, 0.3) is 0 Å². The van der Waals surface area contributed by atoms with Crippen molar-refractivity contribution in [1.82, 2.24) is 9.80 Å². The minimum Gasteiger partial charge on any atom is -0.476 e. The van der Waals surface area contributed by atoms with Gasteiger partial charge in [0.25, 0.3) is 0 Å². The molecule has 0 aliphatic carbocycles. The second-order valence-corrected chi connectivity index (χ2v) is 9.69. The third-order valence-corrected chi connectivity index (χ3v) is 6.45. The summed E-state index contributed by atoms with van der Waals surface area (Å²) in [7, 11) is 0. The fourth-order valence-electron chi connectivity index (χ4n) is 3.76. The average molecular weight is 543 g/mol. The Hall–Kier alpha value is -2.10. The highest BCUT2D eigenvalue weighted by Crippen LogP contribution is 2.30. The quantitative estimate of drug-likeness (QED) is 0.411. The lowest BCUT2D eigenvalue weighted by molar-refractivity contribution is -0.158. The van der Waals surface area contributed by atoms with Crippen LogP contribution in [0.1, 0.15) is 37.5 Å². The van der Waals surface area contributed by atoms with Gasteiger partial charge in [-0.1, -0.05) is 34.1 Å². The molecule has 5 nitrogen and oxygen atoms in total. The van der Waals surface area contributed by atoms with Crippen LogP contribution < -0.4 is 4.74 Å². The van der Waals surface area contributed by atoms with E-state index >= 15 is 0 Å². The summed E-state index contributed by atoms with van der Waals surface area (Å²) in [4.78, 5) is 16.7. The van der Waals surface area contributed by atoms with Crippen molar-refractivity contribution in [2.24, 2.45) is 0 Å². The van der Waals surface area contributed by atoms with Crippen molar-refractivity contribution in [3.05, 3.63) is 63.6 Å². The summed E-state index contributed by atoms with van der Waals surface area (Å²) in [5.74, 6) is 0.166. The Morgan fingerprint density at radius 1 is 0.971 bits per heavy atom. The van der Waals surface area contributed by atoms with Gasteiger partial charge < -0.3 is 9.47 Å². The van der Waals surface area contributed by atoms with Gasteiger partial charge >= 0.3 is 12.1 Å². The highest BCUT2D eigenvalue weighted by atomic mass is 79.9. The van der Waals surface area contributed by atoms with E-state index in [1.807, 2.05) is 18.2 Å². The molecule has 1 saturated heterocycles. The Balaban J connectivity index is 1.50. The number of carbonyl (C=O) groups is 1. The molecule has 1 heterocycles. The van der Waals surface area contributed by atoms with Crippen LogP contribution in [-0.4, -0.2) is 54.2 Å². The van der Waals surface area contributed by atoms with Gasteiger partial charge in [0.1, 0.15) is 5.75 Å². The molecule has 0 unspecified atom stereocenters. The van der Waals surface area contributed by atoms with Crippen LogP contribution >= 0.6 is 15.9 Å². The van der Waals surface area contributed by atoms with Crippen molar-refractivity contribution in [3.63, 3.8) is 0 Å². The molecule has 0 amide bonds. The summed E-state index contributed by atoms with van der Waals surface area (Å²) in [5, 5.41) is 0. The second-order valence-electron chi connectivity index (χ2n) is 8.83. The van der Waals surface area contributed by atoms with E-state index in [1.165, 1.54) is 0 Å². The van der Waals surface area contributed by atoms with E-state index in [9.17, 15) is 18.0 Å². The van der Waals surface area contributed by atoms with Gasteiger partial charge in [0.15, 0.2) is 5.60 Å². The van der Waals surface area contributed by atoms with Crippen molar-refractivity contribution < 1.29 is 27.4 Å². The first-order valence-corrected chi connectivity index (χ1v) is 12.0. The van der Waals surface area contributed by atoms with Crippen molar-refractivity contribution in [2.45, 2.75) is 45.6 Å². The lowest BCUT2D eigenvalue weighted by Crippen LogP contribution is -2.45. The SMILES string of the molecule is CCOC(=O)C(C)(C)Oc1ccc(CN2CCN(Cc3ccc(C(F)(F)F)cc3)CC2)c(Br)c1. The molecule has 3 rings (SSSR count). The summed E-state index contributed by atoms with van der Waals surface area (Å²) in [6.07, 6.45) is -4.31. The summed E-state index contributed by atoms with van der Waals surface area (Å²) in [5.41, 5.74) is 0.288. The van der Waals surface area contributed by atoms with Crippen LogP contribution in [0.4, 0.5) is 13.2 Å². The largest absolute Gasteiger partial charge is 0.476 e. The number of piperazine rings is 1. The van der Waals surface area contributed by atoms with Crippen molar-refractivity contribution in [1.29, 1.82) is 0 Å².